The zero-order chi connectivity index (χ0) is 12.3. The molecule has 0 aliphatic heterocycles. The van der Waals surface area contributed by atoms with Crippen molar-refractivity contribution in [2.75, 3.05) is 14.2 Å². The molecule has 86 valence electrons. The molecular formula is C10H9ClO5. The number of phenols is 1. The fourth-order valence-electron chi connectivity index (χ4n) is 1.25. The van der Waals surface area contributed by atoms with Gasteiger partial charge in [0.25, 0.3) is 5.24 Å². The summed E-state index contributed by atoms with van der Waals surface area (Å²) in [6.07, 6.45) is 0. The summed E-state index contributed by atoms with van der Waals surface area (Å²) in [5.74, 6) is -1.22. The SMILES string of the molecule is COC(=O)c1c(C(=O)Cl)ccc(O)c1OC. The van der Waals surface area contributed by atoms with Crippen LogP contribution < -0.4 is 4.74 Å². The van der Waals surface area contributed by atoms with Crippen LogP contribution in [0.4, 0.5) is 0 Å². The maximum atomic E-state index is 11.4. The standard InChI is InChI=1S/C10H9ClO5/c1-15-8-6(12)4-3-5(9(11)13)7(8)10(14)16-2/h3-4,12H,1-2H3. The number of hydrogen-bond donors (Lipinski definition) is 1. The molecule has 1 rings (SSSR count). The fourth-order valence-corrected chi connectivity index (χ4v) is 1.40. The van der Waals surface area contributed by atoms with Crippen molar-refractivity contribution in [2.24, 2.45) is 0 Å². The summed E-state index contributed by atoms with van der Waals surface area (Å²) >= 11 is 5.31. The molecule has 0 bridgehead atoms. The van der Waals surface area contributed by atoms with Crippen LogP contribution in [0.2, 0.25) is 0 Å². The monoisotopic (exact) mass is 244 g/mol. The molecule has 0 aliphatic carbocycles. The van der Waals surface area contributed by atoms with Crippen LogP contribution in [0.15, 0.2) is 12.1 Å². The van der Waals surface area contributed by atoms with Crippen molar-refractivity contribution >= 4 is 22.8 Å². The zero-order valence-corrected chi connectivity index (χ0v) is 9.37. The van der Waals surface area contributed by atoms with E-state index in [1.54, 1.807) is 0 Å². The van der Waals surface area contributed by atoms with E-state index in [4.69, 9.17) is 16.3 Å². The van der Waals surface area contributed by atoms with Gasteiger partial charge in [0.2, 0.25) is 0 Å². The molecule has 0 heterocycles. The Morgan fingerprint density at radius 2 is 1.94 bits per heavy atom. The van der Waals surface area contributed by atoms with E-state index < -0.39 is 11.2 Å². The first-order valence-corrected chi connectivity index (χ1v) is 4.58. The molecular weight excluding hydrogens is 236 g/mol. The molecule has 1 aromatic rings. The number of benzene rings is 1. The Labute approximate surface area is 96.5 Å². The Morgan fingerprint density at radius 1 is 1.31 bits per heavy atom. The maximum Gasteiger partial charge on any atom is 0.342 e. The van der Waals surface area contributed by atoms with E-state index >= 15 is 0 Å². The van der Waals surface area contributed by atoms with E-state index in [1.807, 2.05) is 0 Å². The topological polar surface area (TPSA) is 72.8 Å². The van der Waals surface area contributed by atoms with E-state index in [9.17, 15) is 14.7 Å². The van der Waals surface area contributed by atoms with Crippen molar-refractivity contribution in [1.82, 2.24) is 0 Å². The van der Waals surface area contributed by atoms with Crippen molar-refractivity contribution in [3.8, 4) is 11.5 Å². The van der Waals surface area contributed by atoms with E-state index in [1.165, 1.54) is 19.2 Å². The fraction of sp³-hybridized carbons (Fsp3) is 0.200. The van der Waals surface area contributed by atoms with E-state index in [0.29, 0.717) is 0 Å². The van der Waals surface area contributed by atoms with E-state index in [-0.39, 0.29) is 22.6 Å². The van der Waals surface area contributed by atoms with Gasteiger partial charge in [0.1, 0.15) is 5.56 Å². The van der Waals surface area contributed by atoms with Crippen LogP contribution in [-0.4, -0.2) is 30.5 Å². The molecule has 0 saturated carbocycles. The van der Waals surface area contributed by atoms with Crippen molar-refractivity contribution in [3.63, 3.8) is 0 Å². The van der Waals surface area contributed by atoms with Crippen LogP contribution in [0, 0.1) is 0 Å². The molecule has 6 heteroatoms. The average Bonchev–Trinajstić information content (AvgIpc) is 2.27. The first-order chi connectivity index (χ1) is 7.52. The third kappa shape index (κ3) is 2.09. The minimum atomic E-state index is -0.835. The van der Waals surface area contributed by atoms with E-state index in [2.05, 4.69) is 4.74 Å². The molecule has 0 unspecified atom stereocenters. The number of ether oxygens (including phenoxy) is 2. The third-order valence-electron chi connectivity index (χ3n) is 1.94. The first kappa shape index (κ1) is 12.3. The minimum absolute atomic E-state index is 0.0804. The van der Waals surface area contributed by atoms with Gasteiger partial charge >= 0.3 is 5.97 Å². The number of aromatic hydroxyl groups is 1. The summed E-state index contributed by atoms with van der Waals surface area (Å²) in [5.41, 5.74) is -0.270. The number of carbonyl (C=O) groups excluding carboxylic acids is 2. The normalized spacial score (nSPS) is 9.69. The van der Waals surface area contributed by atoms with Crippen molar-refractivity contribution in [2.45, 2.75) is 0 Å². The molecule has 16 heavy (non-hydrogen) atoms. The molecule has 0 spiro atoms. The summed E-state index contributed by atoms with van der Waals surface area (Å²) in [5, 5.41) is 8.62. The highest BCUT2D eigenvalue weighted by Crippen LogP contribution is 2.33. The number of hydrogen-bond acceptors (Lipinski definition) is 5. The highest BCUT2D eigenvalue weighted by molar-refractivity contribution is 6.68. The molecule has 1 N–H and O–H groups in total. The lowest BCUT2D eigenvalue weighted by Gasteiger charge is -2.11. The number of esters is 1. The molecule has 0 saturated heterocycles. The van der Waals surface area contributed by atoms with Crippen molar-refractivity contribution in [1.29, 1.82) is 0 Å². The van der Waals surface area contributed by atoms with Gasteiger partial charge in [-0.1, -0.05) is 0 Å². The van der Waals surface area contributed by atoms with Gasteiger partial charge in [0.05, 0.1) is 19.8 Å². The van der Waals surface area contributed by atoms with Gasteiger partial charge in [-0.3, -0.25) is 4.79 Å². The third-order valence-corrected chi connectivity index (χ3v) is 2.15. The van der Waals surface area contributed by atoms with Crippen LogP contribution >= 0.6 is 11.6 Å². The Bertz CT molecular complexity index is 441. The number of rotatable bonds is 3. The van der Waals surface area contributed by atoms with Gasteiger partial charge in [-0.15, -0.1) is 0 Å². The molecule has 0 amide bonds. The summed E-state index contributed by atoms with van der Waals surface area (Å²) in [6.45, 7) is 0. The Kier molecular flexibility index (Phi) is 3.73. The maximum absolute atomic E-state index is 11.4. The lowest BCUT2D eigenvalue weighted by atomic mass is 10.1. The number of halogens is 1. The average molecular weight is 245 g/mol. The summed E-state index contributed by atoms with van der Waals surface area (Å²) < 4.78 is 9.31. The first-order valence-electron chi connectivity index (χ1n) is 4.21. The number of phenolic OH excluding ortho intramolecular Hbond substituents is 1. The van der Waals surface area contributed by atoms with Crippen molar-refractivity contribution in [3.05, 3.63) is 23.3 Å². The highest BCUT2D eigenvalue weighted by Gasteiger charge is 2.24. The second-order valence-electron chi connectivity index (χ2n) is 2.81. The van der Waals surface area contributed by atoms with Crippen LogP contribution in [0.1, 0.15) is 20.7 Å². The van der Waals surface area contributed by atoms with Gasteiger partial charge in [-0.2, -0.15) is 0 Å². The smallest absolute Gasteiger partial charge is 0.342 e. The largest absolute Gasteiger partial charge is 0.504 e. The minimum Gasteiger partial charge on any atom is -0.504 e. The Hall–Kier alpha value is -1.75. The molecule has 0 fully saturated rings. The van der Waals surface area contributed by atoms with Gasteiger partial charge in [-0.05, 0) is 23.7 Å². The lowest BCUT2D eigenvalue weighted by Crippen LogP contribution is -2.10. The van der Waals surface area contributed by atoms with Gasteiger partial charge in [0.15, 0.2) is 11.5 Å². The van der Waals surface area contributed by atoms with Gasteiger partial charge in [-0.25, -0.2) is 4.79 Å². The molecule has 5 nitrogen and oxygen atoms in total. The molecule has 0 radical (unpaired) electrons. The predicted octanol–water partition coefficient (Wildman–Crippen LogP) is 1.57. The zero-order valence-electron chi connectivity index (χ0n) is 8.61. The van der Waals surface area contributed by atoms with Crippen molar-refractivity contribution < 1.29 is 24.2 Å². The summed E-state index contributed by atoms with van der Waals surface area (Å²) in [4.78, 5) is 22.5. The number of methoxy groups -OCH3 is 2. The van der Waals surface area contributed by atoms with Gasteiger partial charge in [0, 0.05) is 0 Å². The Balaban J connectivity index is 3.53. The molecule has 0 atom stereocenters. The highest BCUT2D eigenvalue weighted by atomic mass is 35.5. The molecule has 1 aromatic carbocycles. The van der Waals surface area contributed by atoms with Crippen LogP contribution in [0.3, 0.4) is 0 Å². The van der Waals surface area contributed by atoms with Gasteiger partial charge < -0.3 is 14.6 Å². The molecule has 0 aliphatic rings. The quantitative estimate of drug-likeness (QED) is 0.645. The lowest BCUT2D eigenvalue weighted by molar-refractivity contribution is 0.0593. The van der Waals surface area contributed by atoms with E-state index in [0.717, 1.165) is 7.11 Å². The van der Waals surface area contributed by atoms with Crippen LogP contribution in [0.25, 0.3) is 0 Å². The summed E-state index contributed by atoms with van der Waals surface area (Å²) in [6, 6.07) is 2.43. The molecule has 0 aromatic heterocycles. The van der Waals surface area contributed by atoms with Crippen LogP contribution in [0.5, 0.6) is 11.5 Å². The predicted molar refractivity (Wildman–Crippen MR) is 56.2 cm³/mol. The van der Waals surface area contributed by atoms with Crippen LogP contribution in [-0.2, 0) is 4.74 Å². The Morgan fingerprint density at radius 3 is 2.38 bits per heavy atom. The summed E-state index contributed by atoms with van der Waals surface area (Å²) in [7, 11) is 2.40. The second-order valence-corrected chi connectivity index (χ2v) is 3.15. The second kappa shape index (κ2) is 4.85. The number of carbonyl (C=O) groups is 2.